The quantitative estimate of drug-likeness (QED) is 0.674. The molecular weight excluding hydrogens is 389 g/mol. The minimum atomic E-state index is -4.75. The van der Waals surface area contributed by atoms with E-state index in [2.05, 4.69) is 10.3 Å². The van der Waals surface area contributed by atoms with Gasteiger partial charge in [-0.25, -0.2) is 0 Å². The first kappa shape index (κ1) is 20.2. The Labute approximate surface area is 164 Å². The summed E-state index contributed by atoms with van der Waals surface area (Å²) in [6.45, 7) is 0. The van der Waals surface area contributed by atoms with Crippen LogP contribution in [0.25, 0.3) is 10.9 Å². The Morgan fingerprint density at radius 1 is 1.00 bits per heavy atom. The summed E-state index contributed by atoms with van der Waals surface area (Å²) in [5.74, 6) is -0.189. The number of pyridine rings is 1. The van der Waals surface area contributed by atoms with Crippen LogP contribution in [-0.4, -0.2) is 32.2 Å². The molecule has 1 aromatic heterocycles. The van der Waals surface area contributed by atoms with Gasteiger partial charge < -0.3 is 19.5 Å². The maximum Gasteiger partial charge on any atom is 0.417 e. The van der Waals surface area contributed by atoms with Crippen LogP contribution in [0.4, 0.5) is 18.9 Å². The van der Waals surface area contributed by atoms with Gasteiger partial charge in [-0.3, -0.25) is 9.78 Å². The molecule has 0 saturated carbocycles. The first-order chi connectivity index (χ1) is 13.8. The van der Waals surface area contributed by atoms with Crippen molar-refractivity contribution < 1.29 is 32.2 Å². The van der Waals surface area contributed by atoms with Gasteiger partial charge in [-0.05, 0) is 6.07 Å². The number of halogens is 3. The van der Waals surface area contributed by atoms with E-state index < -0.39 is 23.2 Å². The van der Waals surface area contributed by atoms with Gasteiger partial charge in [-0.2, -0.15) is 13.2 Å². The van der Waals surface area contributed by atoms with Crippen LogP contribution in [0.5, 0.6) is 17.2 Å². The molecule has 3 aromatic rings. The van der Waals surface area contributed by atoms with Crippen LogP contribution in [-0.2, 0) is 6.18 Å². The lowest BCUT2D eigenvalue weighted by atomic mass is 10.0. The Morgan fingerprint density at radius 3 is 2.17 bits per heavy atom. The summed E-state index contributed by atoms with van der Waals surface area (Å²) in [5, 5.41) is 2.29. The number of methoxy groups -OCH3 is 3. The Balaban J connectivity index is 2.07. The summed E-state index contributed by atoms with van der Waals surface area (Å²) in [4.78, 5) is 16.7. The molecule has 3 rings (SSSR count). The van der Waals surface area contributed by atoms with Crippen molar-refractivity contribution in [3.05, 3.63) is 53.7 Å². The van der Waals surface area contributed by atoms with Crippen LogP contribution in [0.2, 0.25) is 0 Å². The lowest BCUT2D eigenvalue weighted by Gasteiger charge is -2.17. The van der Waals surface area contributed by atoms with E-state index in [9.17, 15) is 18.0 Å². The van der Waals surface area contributed by atoms with Crippen molar-refractivity contribution in [1.82, 2.24) is 4.98 Å². The summed E-state index contributed by atoms with van der Waals surface area (Å²) in [7, 11) is 4.19. The monoisotopic (exact) mass is 406 g/mol. The SMILES string of the molecule is COc1cc(NC(=O)c2cnc3ccccc3c2C(F)(F)F)cc(OC)c1OC. The fourth-order valence-corrected chi connectivity index (χ4v) is 2.97. The van der Waals surface area contributed by atoms with Gasteiger partial charge in [0.05, 0.1) is 38.0 Å². The molecule has 29 heavy (non-hydrogen) atoms. The highest BCUT2D eigenvalue weighted by atomic mass is 19.4. The molecule has 0 bridgehead atoms. The Kier molecular flexibility index (Phi) is 5.49. The molecule has 6 nitrogen and oxygen atoms in total. The molecule has 1 heterocycles. The number of ether oxygens (including phenoxy) is 3. The van der Waals surface area contributed by atoms with Gasteiger partial charge in [-0.15, -0.1) is 0 Å². The van der Waals surface area contributed by atoms with Crippen molar-refractivity contribution in [2.45, 2.75) is 6.18 Å². The van der Waals surface area contributed by atoms with E-state index in [0.717, 1.165) is 6.20 Å². The molecule has 0 unspecified atom stereocenters. The fraction of sp³-hybridized carbons (Fsp3) is 0.200. The van der Waals surface area contributed by atoms with E-state index >= 15 is 0 Å². The topological polar surface area (TPSA) is 69.7 Å². The van der Waals surface area contributed by atoms with Crippen molar-refractivity contribution in [2.24, 2.45) is 0 Å². The molecule has 0 aliphatic heterocycles. The van der Waals surface area contributed by atoms with E-state index in [-0.39, 0.29) is 33.8 Å². The number of amides is 1. The number of carbonyl (C=O) groups excluding carboxylic acids is 1. The normalized spacial score (nSPS) is 11.2. The van der Waals surface area contributed by atoms with Crippen molar-refractivity contribution >= 4 is 22.5 Å². The molecule has 1 N–H and O–H groups in total. The van der Waals surface area contributed by atoms with Crippen molar-refractivity contribution in [3.8, 4) is 17.2 Å². The second-order valence-electron chi connectivity index (χ2n) is 5.93. The molecule has 0 fully saturated rings. The zero-order valence-electron chi connectivity index (χ0n) is 15.8. The van der Waals surface area contributed by atoms with E-state index in [4.69, 9.17) is 14.2 Å². The van der Waals surface area contributed by atoms with E-state index in [1.54, 1.807) is 6.07 Å². The number of anilines is 1. The van der Waals surface area contributed by atoms with Crippen LogP contribution >= 0.6 is 0 Å². The number of hydrogen-bond acceptors (Lipinski definition) is 5. The number of hydrogen-bond donors (Lipinski definition) is 1. The number of carbonyl (C=O) groups is 1. The maximum atomic E-state index is 13.7. The highest BCUT2D eigenvalue weighted by molar-refractivity contribution is 6.08. The maximum absolute atomic E-state index is 13.7. The van der Waals surface area contributed by atoms with E-state index in [0.29, 0.717) is 0 Å². The minimum Gasteiger partial charge on any atom is -0.493 e. The number of aromatic nitrogens is 1. The zero-order valence-corrected chi connectivity index (χ0v) is 15.8. The van der Waals surface area contributed by atoms with Gasteiger partial charge in [0, 0.05) is 29.4 Å². The van der Waals surface area contributed by atoms with Gasteiger partial charge in [0.15, 0.2) is 11.5 Å². The standard InChI is InChI=1S/C20H17F3N2O4/c1-27-15-8-11(9-16(28-2)18(15)29-3)25-19(26)13-10-24-14-7-5-4-6-12(14)17(13)20(21,22)23/h4-10H,1-3H3,(H,25,26). The number of benzene rings is 2. The third-order valence-corrected chi connectivity index (χ3v) is 4.23. The lowest BCUT2D eigenvalue weighted by Crippen LogP contribution is -2.20. The molecule has 0 radical (unpaired) electrons. The van der Waals surface area contributed by atoms with E-state index in [1.165, 1.54) is 51.7 Å². The summed E-state index contributed by atoms with van der Waals surface area (Å²) in [5.41, 5.74) is -1.33. The lowest BCUT2D eigenvalue weighted by molar-refractivity contribution is -0.136. The Morgan fingerprint density at radius 2 is 1.62 bits per heavy atom. The summed E-state index contributed by atoms with van der Waals surface area (Å²) in [6.07, 6.45) is -3.83. The minimum absolute atomic E-state index is 0.143. The number of nitrogens with one attached hydrogen (secondary N) is 1. The predicted molar refractivity (Wildman–Crippen MR) is 101 cm³/mol. The molecule has 0 saturated heterocycles. The highest BCUT2D eigenvalue weighted by Gasteiger charge is 2.37. The third-order valence-electron chi connectivity index (χ3n) is 4.23. The Bertz CT molecular complexity index is 1040. The average molecular weight is 406 g/mol. The number of rotatable bonds is 5. The second kappa shape index (κ2) is 7.86. The van der Waals surface area contributed by atoms with Crippen molar-refractivity contribution in [2.75, 3.05) is 26.6 Å². The van der Waals surface area contributed by atoms with Crippen molar-refractivity contribution in [1.29, 1.82) is 0 Å². The molecule has 152 valence electrons. The smallest absolute Gasteiger partial charge is 0.417 e. The van der Waals surface area contributed by atoms with Crippen molar-refractivity contribution in [3.63, 3.8) is 0 Å². The summed E-state index contributed by atoms with van der Waals surface area (Å²) in [6, 6.07) is 8.60. The molecule has 0 spiro atoms. The first-order valence-corrected chi connectivity index (χ1v) is 8.36. The molecular formula is C20H17F3N2O4. The zero-order chi connectivity index (χ0) is 21.2. The second-order valence-corrected chi connectivity index (χ2v) is 5.93. The largest absolute Gasteiger partial charge is 0.493 e. The van der Waals surface area contributed by atoms with E-state index in [1.807, 2.05) is 0 Å². The molecule has 2 aromatic carbocycles. The van der Waals surface area contributed by atoms with Crippen LogP contribution < -0.4 is 19.5 Å². The summed E-state index contributed by atoms with van der Waals surface area (Å²) < 4.78 is 56.8. The van der Waals surface area contributed by atoms with Gasteiger partial charge in [-0.1, -0.05) is 18.2 Å². The van der Waals surface area contributed by atoms with Gasteiger partial charge in [0.25, 0.3) is 5.91 Å². The molecule has 1 amide bonds. The van der Waals surface area contributed by atoms with Gasteiger partial charge >= 0.3 is 6.18 Å². The third kappa shape index (κ3) is 3.89. The molecule has 0 atom stereocenters. The Hall–Kier alpha value is -3.49. The highest BCUT2D eigenvalue weighted by Crippen LogP contribution is 2.41. The molecule has 0 aliphatic carbocycles. The van der Waals surface area contributed by atoms with Crippen LogP contribution in [0.15, 0.2) is 42.6 Å². The number of alkyl halides is 3. The van der Waals surface area contributed by atoms with Gasteiger partial charge in [0.2, 0.25) is 5.75 Å². The number of nitrogens with zero attached hydrogens (tertiary/aromatic N) is 1. The number of para-hydroxylation sites is 1. The van der Waals surface area contributed by atoms with Crippen LogP contribution in [0.3, 0.4) is 0 Å². The average Bonchev–Trinajstić information content (AvgIpc) is 2.71. The predicted octanol–water partition coefficient (Wildman–Crippen LogP) is 4.53. The van der Waals surface area contributed by atoms with Crippen LogP contribution in [0, 0.1) is 0 Å². The molecule has 0 aliphatic rings. The van der Waals surface area contributed by atoms with Gasteiger partial charge in [0.1, 0.15) is 0 Å². The number of fused-ring (bicyclic) bond motifs is 1. The first-order valence-electron chi connectivity index (χ1n) is 8.36. The van der Waals surface area contributed by atoms with Crippen LogP contribution in [0.1, 0.15) is 15.9 Å². The summed E-state index contributed by atoms with van der Waals surface area (Å²) >= 11 is 0. The fourth-order valence-electron chi connectivity index (χ4n) is 2.97. The molecule has 9 heteroatoms.